The second kappa shape index (κ2) is 6.21. The smallest absolute Gasteiger partial charge is 0.372 e. The van der Waals surface area contributed by atoms with Gasteiger partial charge in [-0.1, -0.05) is 32.0 Å². The minimum absolute atomic E-state index is 0.0142. The fraction of sp³-hybridized carbons (Fsp3) is 0.176. The van der Waals surface area contributed by atoms with Gasteiger partial charge in [0.05, 0.1) is 21.5 Å². The van der Waals surface area contributed by atoms with Crippen LogP contribution in [0.1, 0.15) is 25.3 Å². The molecule has 2 aromatic carbocycles. The van der Waals surface area contributed by atoms with Gasteiger partial charge in [-0.2, -0.15) is 0 Å². The van der Waals surface area contributed by atoms with Crippen LogP contribution in [0.3, 0.4) is 0 Å². The van der Waals surface area contributed by atoms with Gasteiger partial charge in [0.15, 0.2) is 0 Å². The van der Waals surface area contributed by atoms with E-state index in [0.29, 0.717) is 5.69 Å². The molecule has 2 N–H and O–H groups in total. The average molecular weight is 360 g/mol. The average Bonchev–Trinajstić information content (AvgIpc) is 2.54. The second-order valence-electron chi connectivity index (χ2n) is 5.86. The molecule has 1 heterocycles. The minimum Gasteiger partial charge on any atom is -0.372 e. The fourth-order valence-electron chi connectivity index (χ4n) is 2.54. The molecule has 0 atom stereocenters. The molecule has 0 aliphatic heterocycles. The summed E-state index contributed by atoms with van der Waals surface area (Å²) in [5, 5.41) is -0.0142. The third-order valence-electron chi connectivity index (χ3n) is 3.77. The molecule has 0 fully saturated rings. The molecular formula is C17H16N2O5S. The van der Waals surface area contributed by atoms with Crippen molar-refractivity contribution in [3.8, 4) is 0 Å². The van der Waals surface area contributed by atoms with Crippen molar-refractivity contribution >= 4 is 26.6 Å². The minimum atomic E-state index is -3.91. The van der Waals surface area contributed by atoms with Crippen LogP contribution in [0.15, 0.2) is 61.4 Å². The number of hydrogen-bond acceptors (Lipinski definition) is 5. The van der Waals surface area contributed by atoms with Gasteiger partial charge in [0.25, 0.3) is 10.0 Å². The summed E-state index contributed by atoms with van der Waals surface area (Å²) < 4.78 is 32.4. The normalized spacial score (nSPS) is 11.8. The predicted octanol–water partition coefficient (Wildman–Crippen LogP) is 2.41. The van der Waals surface area contributed by atoms with Crippen molar-refractivity contribution in [2.45, 2.75) is 24.7 Å². The Morgan fingerprint density at radius 3 is 2.52 bits per heavy atom. The maximum absolute atomic E-state index is 12.7. The number of sulfonamides is 1. The molecule has 3 aromatic rings. The number of H-pyrrole nitrogens is 1. The van der Waals surface area contributed by atoms with Gasteiger partial charge in [0.1, 0.15) is 0 Å². The van der Waals surface area contributed by atoms with E-state index in [-0.39, 0.29) is 21.7 Å². The number of aromatic amines is 1. The summed E-state index contributed by atoms with van der Waals surface area (Å²) >= 11 is 0. The number of hydrogen-bond donors (Lipinski definition) is 2. The highest BCUT2D eigenvalue weighted by Crippen LogP contribution is 2.26. The molecule has 0 bridgehead atoms. The van der Waals surface area contributed by atoms with Crippen LogP contribution in [0.4, 0.5) is 5.69 Å². The molecule has 8 heteroatoms. The quantitative estimate of drug-likeness (QED) is 0.742. The molecule has 1 aromatic heterocycles. The summed E-state index contributed by atoms with van der Waals surface area (Å²) in [6.07, 6.45) is 0. The second-order valence-corrected chi connectivity index (χ2v) is 7.54. The van der Waals surface area contributed by atoms with Gasteiger partial charge >= 0.3 is 11.4 Å². The third-order valence-corrected chi connectivity index (χ3v) is 5.13. The van der Waals surface area contributed by atoms with Crippen molar-refractivity contribution in [3.05, 3.63) is 69.0 Å². The number of fused-ring (bicyclic) bond motifs is 1. The zero-order valence-electron chi connectivity index (χ0n) is 13.6. The summed E-state index contributed by atoms with van der Waals surface area (Å²) in [5.41, 5.74) is 0.656. The molecule has 3 rings (SSSR count). The summed E-state index contributed by atoms with van der Waals surface area (Å²) in [5.74, 6) is -0.760. The Balaban J connectivity index is 2.08. The predicted molar refractivity (Wildman–Crippen MR) is 94.4 cm³/mol. The first-order valence-corrected chi connectivity index (χ1v) is 9.05. The van der Waals surface area contributed by atoms with E-state index in [1.807, 2.05) is 26.0 Å². The Bertz CT molecular complexity index is 1160. The molecular weight excluding hydrogens is 344 g/mol. The number of para-hydroxylation sites is 1. The zero-order valence-corrected chi connectivity index (χ0v) is 14.4. The Kier molecular flexibility index (Phi) is 4.22. The van der Waals surface area contributed by atoms with Crippen molar-refractivity contribution in [2.75, 3.05) is 4.72 Å². The number of aromatic nitrogens is 1. The van der Waals surface area contributed by atoms with E-state index < -0.39 is 21.4 Å². The van der Waals surface area contributed by atoms with Crippen LogP contribution in [0.2, 0.25) is 0 Å². The van der Waals surface area contributed by atoms with Crippen molar-refractivity contribution in [3.63, 3.8) is 0 Å². The highest BCUT2D eigenvalue weighted by molar-refractivity contribution is 7.92. The van der Waals surface area contributed by atoms with E-state index in [2.05, 4.69) is 14.1 Å². The van der Waals surface area contributed by atoms with E-state index in [0.717, 1.165) is 5.56 Å². The number of anilines is 1. The van der Waals surface area contributed by atoms with Crippen LogP contribution in [0.25, 0.3) is 10.9 Å². The van der Waals surface area contributed by atoms with Gasteiger partial charge in [-0.25, -0.2) is 18.0 Å². The van der Waals surface area contributed by atoms with Crippen LogP contribution >= 0.6 is 0 Å². The van der Waals surface area contributed by atoms with E-state index >= 15 is 0 Å². The molecule has 0 spiro atoms. The topological polar surface area (TPSA) is 109 Å². The molecule has 0 radical (unpaired) electrons. The lowest BCUT2D eigenvalue weighted by Gasteiger charge is -2.15. The van der Waals surface area contributed by atoms with Crippen LogP contribution in [-0.2, 0) is 10.0 Å². The highest BCUT2D eigenvalue weighted by atomic mass is 32.2. The molecule has 25 heavy (non-hydrogen) atoms. The van der Waals surface area contributed by atoms with Crippen molar-refractivity contribution in [1.82, 2.24) is 4.98 Å². The third kappa shape index (κ3) is 3.34. The SMILES string of the molecule is CC(C)c1ccccc1NS(=O)(=O)c1ccc2[nH]c(=O)oc(=O)c2c1. The first-order chi connectivity index (χ1) is 11.8. The molecule has 0 saturated carbocycles. The number of benzene rings is 2. The molecule has 0 saturated heterocycles. The molecule has 130 valence electrons. The molecule has 0 aliphatic carbocycles. The summed E-state index contributed by atoms with van der Waals surface area (Å²) in [6.45, 7) is 3.93. The Hall–Kier alpha value is -2.87. The Labute approximate surface area is 143 Å². The van der Waals surface area contributed by atoms with Gasteiger partial charge in [-0.15, -0.1) is 0 Å². The van der Waals surface area contributed by atoms with E-state index in [4.69, 9.17) is 0 Å². The summed E-state index contributed by atoms with van der Waals surface area (Å²) in [7, 11) is -3.91. The monoisotopic (exact) mass is 360 g/mol. The first-order valence-electron chi connectivity index (χ1n) is 7.57. The Morgan fingerprint density at radius 2 is 1.80 bits per heavy atom. The van der Waals surface area contributed by atoms with Gasteiger partial charge in [-0.05, 0) is 35.7 Å². The van der Waals surface area contributed by atoms with Crippen molar-refractivity contribution in [1.29, 1.82) is 0 Å². The largest absolute Gasteiger partial charge is 0.419 e. The van der Waals surface area contributed by atoms with E-state index in [1.165, 1.54) is 18.2 Å². The first kappa shape index (κ1) is 17.0. The van der Waals surface area contributed by atoms with Crippen LogP contribution < -0.4 is 16.1 Å². The zero-order chi connectivity index (χ0) is 18.2. The van der Waals surface area contributed by atoms with Gasteiger partial charge in [0, 0.05) is 0 Å². The number of rotatable bonds is 4. The summed E-state index contributed by atoms with van der Waals surface area (Å²) in [4.78, 5) is 25.2. The van der Waals surface area contributed by atoms with Crippen LogP contribution in [-0.4, -0.2) is 13.4 Å². The van der Waals surface area contributed by atoms with Gasteiger partial charge < -0.3 is 4.42 Å². The number of nitrogens with one attached hydrogen (secondary N) is 2. The molecule has 0 amide bonds. The maximum Gasteiger partial charge on any atom is 0.419 e. The van der Waals surface area contributed by atoms with Gasteiger partial charge in [-0.3, -0.25) is 9.71 Å². The Morgan fingerprint density at radius 1 is 1.08 bits per heavy atom. The van der Waals surface area contributed by atoms with Gasteiger partial charge in [0.2, 0.25) is 0 Å². The van der Waals surface area contributed by atoms with E-state index in [1.54, 1.807) is 12.1 Å². The fourth-order valence-corrected chi connectivity index (χ4v) is 3.65. The maximum atomic E-state index is 12.7. The summed E-state index contributed by atoms with van der Waals surface area (Å²) in [6, 6.07) is 11.0. The standard InChI is InChI=1S/C17H16N2O5S/c1-10(2)12-5-3-4-6-15(12)19-25(22,23)11-7-8-14-13(9-11)16(20)24-17(21)18-14/h3-10,19H,1-2H3,(H,18,21). The molecule has 7 nitrogen and oxygen atoms in total. The lowest BCUT2D eigenvalue weighted by atomic mass is 10.0. The van der Waals surface area contributed by atoms with Crippen LogP contribution in [0.5, 0.6) is 0 Å². The highest BCUT2D eigenvalue weighted by Gasteiger charge is 2.18. The van der Waals surface area contributed by atoms with E-state index in [9.17, 15) is 18.0 Å². The van der Waals surface area contributed by atoms with Crippen molar-refractivity contribution in [2.24, 2.45) is 0 Å². The van der Waals surface area contributed by atoms with Crippen LogP contribution in [0, 0.1) is 0 Å². The van der Waals surface area contributed by atoms with Crippen molar-refractivity contribution < 1.29 is 12.8 Å². The molecule has 0 aliphatic rings. The molecule has 0 unspecified atom stereocenters. The lowest BCUT2D eigenvalue weighted by molar-refractivity contribution is 0.460. The lowest BCUT2D eigenvalue weighted by Crippen LogP contribution is -2.17.